The topological polar surface area (TPSA) is 58.2 Å². The number of rotatable bonds is 6. The van der Waals surface area contributed by atoms with Crippen LogP contribution in [0.5, 0.6) is 0 Å². The van der Waals surface area contributed by atoms with Crippen molar-refractivity contribution in [3.05, 3.63) is 14.7 Å². The highest BCUT2D eigenvalue weighted by atomic mass is 79.9. The predicted octanol–water partition coefficient (Wildman–Crippen LogP) is 3.33. The van der Waals surface area contributed by atoms with Gasteiger partial charge in [0.25, 0.3) is 0 Å². The standard InChI is InChI=1S/C14H23BrN2O2S2/c1-4-10-5-6-12(9(10)2)17-21(18,19)13-7-11(8-16-3)20-14(13)15/h7,9-10,12,16-17H,4-6,8H2,1-3H3. The number of nitrogens with one attached hydrogen (secondary N) is 2. The molecule has 4 nitrogen and oxygen atoms in total. The van der Waals surface area contributed by atoms with E-state index in [0.717, 1.165) is 24.1 Å². The van der Waals surface area contributed by atoms with Gasteiger partial charge in [-0.3, -0.25) is 0 Å². The summed E-state index contributed by atoms with van der Waals surface area (Å²) in [5.74, 6) is 1.03. The van der Waals surface area contributed by atoms with Gasteiger partial charge in [0.1, 0.15) is 4.90 Å². The first kappa shape index (κ1) is 17.4. The maximum absolute atomic E-state index is 12.6. The van der Waals surface area contributed by atoms with Gasteiger partial charge in [-0.25, -0.2) is 13.1 Å². The molecule has 0 aromatic carbocycles. The molecule has 21 heavy (non-hydrogen) atoms. The molecule has 1 saturated carbocycles. The molecule has 1 aromatic rings. The van der Waals surface area contributed by atoms with Gasteiger partial charge < -0.3 is 5.32 Å². The lowest BCUT2D eigenvalue weighted by molar-refractivity contribution is 0.368. The minimum atomic E-state index is -3.45. The van der Waals surface area contributed by atoms with Crippen molar-refractivity contribution in [1.82, 2.24) is 10.0 Å². The Kier molecular flexibility index (Phi) is 5.87. The lowest BCUT2D eigenvalue weighted by atomic mass is 9.94. The van der Waals surface area contributed by atoms with E-state index in [9.17, 15) is 8.42 Å². The minimum absolute atomic E-state index is 0.0551. The number of hydrogen-bond acceptors (Lipinski definition) is 4. The average Bonchev–Trinajstić information content (AvgIpc) is 2.95. The quantitative estimate of drug-likeness (QED) is 0.777. The summed E-state index contributed by atoms with van der Waals surface area (Å²) in [6, 6.07) is 1.81. The fourth-order valence-electron chi connectivity index (χ4n) is 3.10. The third-order valence-corrected chi connectivity index (χ3v) is 8.15. The molecule has 0 aliphatic heterocycles. The molecule has 0 saturated heterocycles. The van der Waals surface area contributed by atoms with Crippen LogP contribution >= 0.6 is 27.3 Å². The fourth-order valence-corrected chi connectivity index (χ4v) is 7.15. The Morgan fingerprint density at radius 3 is 2.71 bits per heavy atom. The number of halogens is 1. The highest BCUT2D eigenvalue weighted by Crippen LogP contribution is 2.36. The van der Waals surface area contributed by atoms with Crippen molar-refractivity contribution in [3.8, 4) is 0 Å². The number of sulfonamides is 1. The smallest absolute Gasteiger partial charge is 0.242 e. The molecule has 1 fully saturated rings. The summed E-state index contributed by atoms with van der Waals surface area (Å²) in [7, 11) is -1.60. The molecule has 3 unspecified atom stereocenters. The van der Waals surface area contributed by atoms with Crippen LogP contribution in [-0.4, -0.2) is 21.5 Å². The Labute approximate surface area is 139 Å². The van der Waals surface area contributed by atoms with Crippen LogP contribution in [0.2, 0.25) is 0 Å². The van der Waals surface area contributed by atoms with Gasteiger partial charge in [0.2, 0.25) is 10.0 Å². The van der Waals surface area contributed by atoms with Crippen LogP contribution in [0.1, 0.15) is 38.0 Å². The Morgan fingerprint density at radius 2 is 2.14 bits per heavy atom. The van der Waals surface area contributed by atoms with Crippen molar-refractivity contribution in [2.45, 2.75) is 50.6 Å². The van der Waals surface area contributed by atoms with Crippen LogP contribution in [0.4, 0.5) is 0 Å². The van der Waals surface area contributed by atoms with Crippen LogP contribution in [0.3, 0.4) is 0 Å². The third-order valence-electron chi connectivity index (χ3n) is 4.40. The van der Waals surface area contributed by atoms with E-state index in [1.165, 1.54) is 11.3 Å². The van der Waals surface area contributed by atoms with Gasteiger partial charge in [0.05, 0.1) is 3.79 Å². The van der Waals surface area contributed by atoms with E-state index < -0.39 is 10.0 Å². The molecule has 0 amide bonds. The van der Waals surface area contributed by atoms with Crippen LogP contribution in [0.25, 0.3) is 0 Å². The van der Waals surface area contributed by atoms with Gasteiger partial charge in [0, 0.05) is 17.5 Å². The van der Waals surface area contributed by atoms with Crippen LogP contribution < -0.4 is 10.0 Å². The Morgan fingerprint density at radius 1 is 1.43 bits per heavy atom. The molecule has 0 radical (unpaired) electrons. The van der Waals surface area contributed by atoms with Crippen LogP contribution in [0.15, 0.2) is 14.7 Å². The van der Waals surface area contributed by atoms with E-state index in [2.05, 4.69) is 39.8 Å². The van der Waals surface area contributed by atoms with E-state index in [0.29, 0.717) is 27.1 Å². The summed E-state index contributed by atoms with van der Waals surface area (Å²) in [6.07, 6.45) is 3.17. The highest BCUT2D eigenvalue weighted by molar-refractivity contribution is 9.11. The molecule has 3 atom stereocenters. The lowest BCUT2D eigenvalue weighted by Crippen LogP contribution is -2.37. The van der Waals surface area contributed by atoms with Crippen LogP contribution in [0, 0.1) is 11.8 Å². The summed E-state index contributed by atoms with van der Waals surface area (Å²) >= 11 is 4.85. The second kappa shape index (κ2) is 7.08. The summed E-state index contributed by atoms with van der Waals surface area (Å²) < 4.78 is 28.8. The molecule has 2 rings (SSSR count). The Bertz CT molecular complexity index is 586. The van der Waals surface area contributed by atoms with Gasteiger partial charge in [-0.1, -0.05) is 20.3 Å². The highest BCUT2D eigenvalue weighted by Gasteiger charge is 2.35. The second-order valence-electron chi connectivity index (χ2n) is 5.71. The molecule has 0 spiro atoms. The van der Waals surface area contributed by atoms with Gasteiger partial charge in [-0.15, -0.1) is 11.3 Å². The third kappa shape index (κ3) is 3.88. The summed E-state index contributed by atoms with van der Waals surface area (Å²) in [6.45, 7) is 5.01. The Hall–Kier alpha value is 0.0500. The normalized spacial score (nSPS) is 26.4. The number of thiophene rings is 1. The van der Waals surface area contributed by atoms with Crippen molar-refractivity contribution in [1.29, 1.82) is 0 Å². The Balaban J connectivity index is 2.15. The SMILES string of the molecule is CCC1CCC(NS(=O)(=O)c2cc(CNC)sc2Br)C1C. The van der Waals surface area contributed by atoms with Crippen LogP contribution in [-0.2, 0) is 16.6 Å². The van der Waals surface area contributed by atoms with Gasteiger partial charge in [-0.05, 0) is 53.7 Å². The zero-order chi connectivity index (χ0) is 15.6. The first-order valence-corrected chi connectivity index (χ1v) is 10.4. The molecular formula is C14H23BrN2O2S2. The monoisotopic (exact) mass is 394 g/mol. The minimum Gasteiger partial charge on any atom is -0.315 e. The van der Waals surface area contributed by atoms with Gasteiger partial charge >= 0.3 is 0 Å². The van der Waals surface area contributed by atoms with Crippen molar-refractivity contribution in [2.75, 3.05) is 7.05 Å². The van der Waals surface area contributed by atoms with Crippen molar-refractivity contribution >= 4 is 37.3 Å². The van der Waals surface area contributed by atoms with E-state index in [1.807, 2.05) is 7.05 Å². The predicted molar refractivity (Wildman–Crippen MR) is 91.1 cm³/mol. The molecule has 1 aromatic heterocycles. The van der Waals surface area contributed by atoms with Gasteiger partial charge in [-0.2, -0.15) is 0 Å². The first-order chi connectivity index (χ1) is 9.89. The maximum atomic E-state index is 12.6. The fraction of sp³-hybridized carbons (Fsp3) is 0.714. The van der Waals surface area contributed by atoms with E-state index in [-0.39, 0.29) is 6.04 Å². The zero-order valence-corrected chi connectivity index (χ0v) is 15.9. The molecule has 1 aliphatic carbocycles. The van der Waals surface area contributed by atoms with Crippen molar-refractivity contribution in [2.24, 2.45) is 11.8 Å². The lowest BCUT2D eigenvalue weighted by Gasteiger charge is -2.20. The second-order valence-corrected chi connectivity index (χ2v) is 9.85. The average molecular weight is 395 g/mol. The molecule has 2 N–H and O–H groups in total. The molecule has 120 valence electrons. The summed E-state index contributed by atoms with van der Waals surface area (Å²) in [4.78, 5) is 1.38. The van der Waals surface area contributed by atoms with Gasteiger partial charge in [0.15, 0.2) is 0 Å². The number of hydrogen-bond donors (Lipinski definition) is 2. The molecule has 0 bridgehead atoms. The summed E-state index contributed by atoms with van der Waals surface area (Å²) in [5, 5.41) is 3.04. The zero-order valence-electron chi connectivity index (χ0n) is 12.6. The molecule has 7 heteroatoms. The summed E-state index contributed by atoms with van der Waals surface area (Å²) in [5.41, 5.74) is 0. The molecule has 1 aliphatic rings. The largest absolute Gasteiger partial charge is 0.315 e. The maximum Gasteiger partial charge on any atom is 0.242 e. The van der Waals surface area contributed by atoms with E-state index in [4.69, 9.17) is 0 Å². The van der Waals surface area contributed by atoms with E-state index >= 15 is 0 Å². The van der Waals surface area contributed by atoms with Crippen molar-refractivity contribution < 1.29 is 8.42 Å². The first-order valence-electron chi connectivity index (χ1n) is 7.34. The van der Waals surface area contributed by atoms with Crippen molar-refractivity contribution in [3.63, 3.8) is 0 Å². The van der Waals surface area contributed by atoms with E-state index in [1.54, 1.807) is 6.07 Å². The molecule has 1 heterocycles. The molecular weight excluding hydrogens is 372 g/mol.